The van der Waals surface area contributed by atoms with Gasteiger partial charge in [0.25, 0.3) is 11.8 Å². The molecule has 0 spiro atoms. The van der Waals surface area contributed by atoms with Crippen LogP contribution in [0.3, 0.4) is 0 Å². The Morgan fingerprint density at radius 2 is 1.79 bits per heavy atom. The monoisotopic (exact) mass is 556 g/mol. The molecule has 2 aromatic carbocycles. The van der Waals surface area contributed by atoms with E-state index in [9.17, 15) is 41.2 Å². The average Bonchev–Trinajstić information content (AvgIpc) is 3.52. The van der Waals surface area contributed by atoms with Crippen molar-refractivity contribution >= 4 is 34.3 Å². The standard InChI is InChI=1S/C25H19ClF6N4O2/c1-2-36-18-11-17(26)16(21(37)35-23(12-33)6-7-23)9-14(18)10-19(36)22(38)34-20(25(30,31)32)13-4-3-5-15(8-13)24(27,28)29/h3-5,8-11,20H,2,6-7H2,1H3,(H,34,38)(H,35,37). The molecular weight excluding hydrogens is 538 g/mol. The van der Waals surface area contributed by atoms with Crippen molar-refractivity contribution in [3.05, 3.63) is 69.9 Å². The summed E-state index contributed by atoms with van der Waals surface area (Å²) < 4.78 is 82.2. The fraction of sp³-hybridized carbons (Fsp3) is 0.320. The van der Waals surface area contributed by atoms with Crippen molar-refractivity contribution in [1.29, 1.82) is 5.26 Å². The molecule has 0 aliphatic heterocycles. The van der Waals surface area contributed by atoms with Crippen LogP contribution in [0.4, 0.5) is 26.3 Å². The van der Waals surface area contributed by atoms with Crippen molar-refractivity contribution in [3.8, 4) is 6.07 Å². The SMILES string of the molecule is CCn1c(C(=O)NC(c2cccc(C(F)(F)F)c2)C(F)(F)F)cc2cc(C(=O)NC3(C#N)CC3)c(Cl)cc21. The lowest BCUT2D eigenvalue weighted by Gasteiger charge is -2.23. The number of alkyl halides is 6. The number of nitrogens with one attached hydrogen (secondary N) is 2. The lowest BCUT2D eigenvalue weighted by Crippen LogP contribution is -2.39. The first-order chi connectivity index (χ1) is 17.7. The summed E-state index contributed by atoms with van der Waals surface area (Å²) in [5.74, 6) is -1.81. The summed E-state index contributed by atoms with van der Waals surface area (Å²) in [6.07, 6.45) is -9.01. The molecular formula is C25H19ClF6N4O2. The molecule has 0 saturated heterocycles. The van der Waals surface area contributed by atoms with Crippen LogP contribution in [0.1, 0.15) is 57.8 Å². The maximum Gasteiger partial charge on any atom is 0.416 e. The van der Waals surface area contributed by atoms with E-state index in [1.807, 2.05) is 6.07 Å². The first kappa shape index (κ1) is 27.3. The van der Waals surface area contributed by atoms with E-state index in [1.165, 1.54) is 22.8 Å². The fourth-order valence-electron chi connectivity index (χ4n) is 4.11. The summed E-state index contributed by atoms with van der Waals surface area (Å²) in [6, 6.07) is 5.95. The van der Waals surface area contributed by atoms with Crippen LogP contribution in [-0.4, -0.2) is 28.1 Å². The maximum absolute atomic E-state index is 13.9. The number of aromatic nitrogens is 1. The van der Waals surface area contributed by atoms with Gasteiger partial charge in [-0.15, -0.1) is 0 Å². The molecule has 1 fully saturated rings. The number of fused-ring (bicyclic) bond motifs is 1. The number of carbonyl (C=O) groups is 2. The van der Waals surface area contributed by atoms with Crippen LogP contribution in [0.25, 0.3) is 10.9 Å². The minimum atomic E-state index is -5.10. The summed E-state index contributed by atoms with van der Waals surface area (Å²) >= 11 is 6.29. The highest BCUT2D eigenvalue weighted by Gasteiger charge is 2.45. The Hall–Kier alpha value is -3.72. The molecule has 2 amide bonds. The van der Waals surface area contributed by atoms with Gasteiger partial charge in [0, 0.05) is 11.9 Å². The Labute approximate surface area is 217 Å². The van der Waals surface area contributed by atoms with Gasteiger partial charge in [0.2, 0.25) is 0 Å². The molecule has 1 saturated carbocycles. The van der Waals surface area contributed by atoms with E-state index >= 15 is 0 Å². The lowest BCUT2D eigenvalue weighted by atomic mass is 10.0. The highest BCUT2D eigenvalue weighted by molar-refractivity contribution is 6.34. The van der Waals surface area contributed by atoms with Gasteiger partial charge >= 0.3 is 12.4 Å². The van der Waals surface area contributed by atoms with Crippen molar-refractivity contribution in [2.75, 3.05) is 0 Å². The van der Waals surface area contributed by atoms with Gasteiger partial charge < -0.3 is 15.2 Å². The topological polar surface area (TPSA) is 86.9 Å². The Balaban J connectivity index is 1.70. The van der Waals surface area contributed by atoms with Crippen molar-refractivity contribution in [2.45, 2.75) is 50.2 Å². The first-order valence-electron chi connectivity index (χ1n) is 11.3. The third kappa shape index (κ3) is 5.29. The third-order valence-corrected chi connectivity index (χ3v) is 6.56. The number of halogens is 7. The van der Waals surface area contributed by atoms with Crippen LogP contribution >= 0.6 is 11.6 Å². The number of rotatable bonds is 6. The number of carbonyl (C=O) groups excluding carboxylic acids is 2. The molecule has 6 nitrogen and oxygen atoms in total. The molecule has 200 valence electrons. The fourth-order valence-corrected chi connectivity index (χ4v) is 4.36. The number of nitriles is 1. The lowest BCUT2D eigenvalue weighted by molar-refractivity contribution is -0.156. The molecule has 1 heterocycles. The molecule has 1 unspecified atom stereocenters. The number of hydrogen-bond donors (Lipinski definition) is 2. The van der Waals surface area contributed by atoms with Crippen molar-refractivity contribution in [2.24, 2.45) is 0 Å². The van der Waals surface area contributed by atoms with E-state index in [2.05, 4.69) is 5.32 Å². The van der Waals surface area contributed by atoms with Crippen LogP contribution in [0.5, 0.6) is 0 Å². The number of amides is 2. The summed E-state index contributed by atoms with van der Waals surface area (Å²) in [5.41, 5.74) is -2.89. The normalized spacial score (nSPS) is 15.6. The summed E-state index contributed by atoms with van der Waals surface area (Å²) in [6.45, 7) is 1.76. The number of benzene rings is 2. The van der Waals surface area contributed by atoms with Crippen LogP contribution < -0.4 is 10.6 Å². The number of hydrogen-bond acceptors (Lipinski definition) is 3. The molecule has 1 aliphatic carbocycles. The number of aryl methyl sites for hydroxylation is 1. The Bertz CT molecular complexity index is 1470. The Kier molecular flexibility index (Phi) is 6.86. The molecule has 1 aliphatic rings. The minimum absolute atomic E-state index is 0.000585. The van der Waals surface area contributed by atoms with Gasteiger partial charge in [0.15, 0.2) is 6.04 Å². The van der Waals surface area contributed by atoms with Crippen molar-refractivity contribution < 1.29 is 35.9 Å². The van der Waals surface area contributed by atoms with E-state index < -0.39 is 46.9 Å². The molecule has 2 N–H and O–H groups in total. The van der Waals surface area contributed by atoms with Gasteiger partial charge in [-0.1, -0.05) is 23.7 Å². The maximum atomic E-state index is 13.9. The molecule has 1 aromatic heterocycles. The van der Waals surface area contributed by atoms with Crippen molar-refractivity contribution in [1.82, 2.24) is 15.2 Å². The molecule has 0 bridgehead atoms. The summed E-state index contributed by atoms with van der Waals surface area (Å²) in [4.78, 5) is 25.7. The van der Waals surface area contributed by atoms with Gasteiger partial charge in [-0.2, -0.15) is 31.6 Å². The van der Waals surface area contributed by atoms with E-state index in [0.717, 1.165) is 12.1 Å². The number of nitrogens with zero attached hydrogens (tertiary/aromatic N) is 2. The van der Waals surface area contributed by atoms with E-state index in [-0.39, 0.29) is 22.8 Å². The highest BCUT2D eigenvalue weighted by Crippen LogP contribution is 2.38. The van der Waals surface area contributed by atoms with Crippen LogP contribution in [-0.2, 0) is 12.7 Å². The van der Waals surface area contributed by atoms with Gasteiger partial charge in [-0.3, -0.25) is 9.59 Å². The molecule has 0 radical (unpaired) electrons. The first-order valence-corrected chi connectivity index (χ1v) is 11.7. The predicted molar refractivity (Wildman–Crippen MR) is 125 cm³/mol. The summed E-state index contributed by atoms with van der Waals surface area (Å²) in [5, 5.41) is 13.9. The Morgan fingerprint density at radius 1 is 1.11 bits per heavy atom. The van der Waals surface area contributed by atoms with Gasteiger partial charge in [-0.05, 0) is 55.7 Å². The van der Waals surface area contributed by atoms with Gasteiger partial charge in [0.1, 0.15) is 11.2 Å². The van der Waals surface area contributed by atoms with E-state index in [0.29, 0.717) is 35.9 Å². The zero-order valence-electron chi connectivity index (χ0n) is 19.6. The van der Waals surface area contributed by atoms with E-state index in [1.54, 1.807) is 12.2 Å². The second kappa shape index (κ2) is 9.54. The van der Waals surface area contributed by atoms with Gasteiger partial charge in [-0.25, -0.2) is 0 Å². The molecule has 38 heavy (non-hydrogen) atoms. The van der Waals surface area contributed by atoms with Crippen LogP contribution in [0.2, 0.25) is 5.02 Å². The third-order valence-electron chi connectivity index (χ3n) is 6.25. The molecule has 1 atom stereocenters. The van der Waals surface area contributed by atoms with Crippen molar-refractivity contribution in [3.63, 3.8) is 0 Å². The second-order valence-corrected chi connectivity index (χ2v) is 9.29. The molecule has 3 aromatic rings. The largest absolute Gasteiger partial charge is 0.416 e. The van der Waals surface area contributed by atoms with Gasteiger partial charge in [0.05, 0.1) is 27.7 Å². The smallest absolute Gasteiger partial charge is 0.337 e. The van der Waals surface area contributed by atoms with Crippen LogP contribution in [0, 0.1) is 11.3 Å². The van der Waals surface area contributed by atoms with E-state index in [4.69, 9.17) is 11.6 Å². The zero-order valence-corrected chi connectivity index (χ0v) is 20.4. The zero-order chi connectivity index (χ0) is 28.0. The predicted octanol–water partition coefficient (Wildman–Crippen LogP) is 6.15. The Morgan fingerprint density at radius 3 is 2.34 bits per heavy atom. The minimum Gasteiger partial charge on any atom is -0.337 e. The highest BCUT2D eigenvalue weighted by atomic mass is 35.5. The average molecular weight is 557 g/mol. The second-order valence-electron chi connectivity index (χ2n) is 8.88. The molecule has 4 rings (SSSR count). The van der Waals surface area contributed by atoms with Crippen LogP contribution in [0.15, 0.2) is 42.5 Å². The summed E-state index contributed by atoms with van der Waals surface area (Å²) in [7, 11) is 0. The molecule has 13 heteroatoms. The quantitative estimate of drug-likeness (QED) is 0.357.